The van der Waals surface area contributed by atoms with Crippen molar-refractivity contribution in [3.8, 4) is 5.75 Å². The predicted molar refractivity (Wildman–Crippen MR) is 179 cm³/mol. The number of ether oxygens (including phenoxy) is 1. The van der Waals surface area contributed by atoms with Gasteiger partial charge in [0.1, 0.15) is 17.6 Å². The standard InChI is InChI=1S/C32H52N7O6P/c1-2-3-4-5-6-7-8-9-10-11-12-13-18-35-32(41)28(33)19-25-14-16-26(17-15-25)45-46(42,43)24-44-27(21-40)20-39-23-38-29-30(34)36-22-37-31(29)39/h14-17,22-23,27-28,40H,2-13,18-21,24,33H2,1H3,(H,35,41)(H,42,43)(H2,34,36,37)/t27-,28-/m0/s1. The van der Waals surface area contributed by atoms with Crippen LogP contribution in [0.15, 0.2) is 36.9 Å². The van der Waals surface area contributed by atoms with Gasteiger partial charge in [-0.05, 0) is 30.5 Å². The van der Waals surface area contributed by atoms with Crippen molar-refractivity contribution >= 4 is 30.5 Å². The number of benzene rings is 1. The van der Waals surface area contributed by atoms with Gasteiger partial charge in [-0.15, -0.1) is 0 Å². The molecule has 0 aliphatic heterocycles. The molecule has 1 unspecified atom stereocenters. The Morgan fingerprint density at radius 1 is 0.978 bits per heavy atom. The SMILES string of the molecule is CCCCCCCCCCCCCCNC(=O)[C@@H](N)Cc1ccc(OP(=O)(O)CO[C@H](CO)Cn2cnc3c(N)ncnc32)cc1. The molecule has 0 aliphatic carbocycles. The summed E-state index contributed by atoms with van der Waals surface area (Å²) in [6.07, 6.45) is 16.8. The summed E-state index contributed by atoms with van der Waals surface area (Å²) in [5, 5.41) is 12.7. The molecule has 0 fully saturated rings. The second kappa shape index (κ2) is 20.2. The predicted octanol–water partition coefficient (Wildman–Crippen LogP) is 4.70. The maximum Gasteiger partial charge on any atom is 0.402 e. The molecule has 7 N–H and O–H groups in total. The van der Waals surface area contributed by atoms with Gasteiger partial charge in [0.25, 0.3) is 0 Å². The molecule has 46 heavy (non-hydrogen) atoms. The number of unbranched alkanes of at least 4 members (excludes halogenated alkanes) is 11. The van der Waals surface area contributed by atoms with Crippen LogP contribution in [0.4, 0.5) is 5.82 Å². The van der Waals surface area contributed by atoms with Crippen molar-refractivity contribution in [2.75, 3.05) is 25.2 Å². The molecular weight excluding hydrogens is 609 g/mol. The number of rotatable bonds is 24. The fraction of sp³-hybridized carbons (Fsp3) is 0.625. The molecule has 2 aromatic heterocycles. The number of hydrogen-bond donors (Lipinski definition) is 5. The van der Waals surface area contributed by atoms with Gasteiger partial charge in [-0.1, -0.05) is 89.7 Å². The largest absolute Gasteiger partial charge is 0.423 e. The molecule has 0 radical (unpaired) electrons. The van der Waals surface area contributed by atoms with E-state index in [9.17, 15) is 19.4 Å². The number of carbonyl (C=O) groups excluding carboxylic acids is 1. The van der Waals surface area contributed by atoms with E-state index in [-0.39, 0.29) is 24.0 Å². The smallest absolute Gasteiger partial charge is 0.402 e. The van der Waals surface area contributed by atoms with Gasteiger partial charge in [0.2, 0.25) is 5.91 Å². The van der Waals surface area contributed by atoms with Crippen LogP contribution in [0.3, 0.4) is 0 Å². The van der Waals surface area contributed by atoms with Gasteiger partial charge in [-0.3, -0.25) is 4.79 Å². The maximum absolute atomic E-state index is 12.7. The fourth-order valence-corrected chi connectivity index (χ4v) is 6.05. The lowest BCUT2D eigenvalue weighted by molar-refractivity contribution is -0.122. The van der Waals surface area contributed by atoms with Crippen LogP contribution < -0.4 is 21.3 Å². The topological polar surface area (TPSA) is 201 Å². The van der Waals surface area contributed by atoms with Crippen LogP contribution in [0.2, 0.25) is 0 Å². The maximum atomic E-state index is 12.7. The summed E-state index contributed by atoms with van der Waals surface area (Å²) < 4.78 is 25.1. The number of aliphatic hydroxyl groups is 1. The average Bonchev–Trinajstić information content (AvgIpc) is 3.46. The summed E-state index contributed by atoms with van der Waals surface area (Å²) in [5.74, 6) is 0.190. The van der Waals surface area contributed by atoms with E-state index in [2.05, 4.69) is 27.2 Å². The molecule has 0 saturated heterocycles. The van der Waals surface area contributed by atoms with Crippen molar-refractivity contribution in [3.05, 3.63) is 42.5 Å². The minimum atomic E-state index is -4.21. The summed E-state index contributed by atoms with van der Waals surface area (Å²) in [5.41, 5.74) is 13.6. The zero-order valence-corrected chi connectivity index (χ0v) is 28.0. The molecule has 3 atom stereocenters. The van der Waals surface area contributed by atoms with Gasteiger partial charge < -0.3 is 40.6 Å². The molecule has 14 heteroatoms. The Kier molecular flexibility index (Phi) is 16.4. The Morgan fingerprint density at radius 3 is 2.24 bits per heavy atom. The number of amides is 1. The van der Waals surface area contributed by atoms with E-state index in [0.717, 1.165) is 18.4 Å². The van der Waals surface area contributed by atoms with E-state index in [1.165, 1.54) is 76.9 Å². The van der Waals surface area contributed by atoms with Crippen LogP contribution in [-0.4, -0.2) is 67.1 Å². The number of aromatic nitrogens is 4. The zero-order valence-electron chi connectivity index (χ0n) is 27.1. The minimum Gasteiger partial charge on any atom is -0.423 e. The number of imidazole rings is 1. The van der Waals surface area contributed by atoms with Crippen molar-refractivity contribution in [3.63, 3.8) is 0 Å². The van der Waals surface area contributed by atoms with Crippen molar-refractivity contribution in [1.82, 2.24) is 24.8 Å². The number of nitrogens with two attached hydrogens (primary N) is 2. The molecular formula is C32H52N7O6P. The quantitative estimate of drug-likeness (QED) is 0.0658. The highest BCUT2D eigenvalue weighted by Gasteiger charge is 2.25. The van der Waals surface area contributed by atoms with Gasteiger partial charge in [-0.2, -0.15) is 0 Å². The Morgan fingerprint density at radius 2 is 1.61 bits per heavy atom. The number of aliphatic hydroxyl groups excluding tert-OH is 1. The Bertz CT molecular complexity index is 1360. The number of fused-ring (bicyclic) bond motifs is 1. The summed E-state index contributed by atoms with van der Waals surface area (Å²) in [7, 11) is -4.21. The molecule has 0 aliphatic rings. The van der Waals surface area contributed by atoms with Crippen LogP contribution in [0.5, 0.6) is 5.75 Å². The molecule has 0 saturated carbocycles. The number of nitrogen functional groups attached to an aromatic ring is 1. The number of carbonyl (C=O) groups is 1. The first-order valence-electron chi connectivity index (χ1n) is 16.5. The molecule has 13 nitrogen and oxygen atoms in total. The summed E-state index contributed by atoms with van der Waals surface area (Å²) in [6.45, 7) is 2.56. The van der Waals surface area contributed by atoms with Crippen LogP contribution >= 0.6 is 7.60 Å². The third-order valence-corrected chi connectivity index (χ3v) is 8.77. The van der Waals surface area contributed by atoms with Gasteiger partial charge in [0.15, 0.2) is 17.8 Å². The lowest BCUT2D eigenvalue weighted by atomic mass is 10.0. The normalized spacial score (nSPS) is 14.2. The molecule has 0 bridgehead atoms. The Labute approximate surface area is 272 Å². The fourth-order valence-electron chi connectivity index (χ4n) is 5.15. The van der Waals surface area contributed by atoms with E-state index in [1.54, 1.807) is 28.8 Å². The van der Waals surface area contributed by atoms with Crippen molar-refractivity contribution in [2.24, 2.45) is 5.73 Å². The number of nitrogens with one attached hydrogen (secondary N) is 1. The summed E-state index contributed by atoms with van der Waals surface area (Å²) in [6, 6.07) is 5.78. The van der Waals surface area contributed by atoms with Crippen molar-refractivity contribution in [2.45, 2.75) is 109 Å². The number of hydrogen-bond acceptors (Lipinski definition) is 10. The van der Waals surface area contributed by atoms with Gasteiger partial charge >= 0.3 is 7.60 Å². The van der Waals surface area contributed by atoms with E-state index in [4.69, 9.17) is 20.7 Å². The van der Waals surface area contributed by atoms with E-state index < -0.39 is 32.7 Å². The highest BCUT2D eigenvalue weighted by Crippen LogP contribution is 2.43. The molecule has 0 spiro atoms. The Balaban J connectivity index is 1.30. The lowest BCUT2D eigenvalue weighted by Crippen LogP contribution is -2.42. The lowest BCUT2D eigenvalue weighted by Gasteiger charge is -2.19. The first-order valence-corrected chi connectivity index (χ1v) is 18.3. The van der Waals surface area contributed by atoms with E-state index >= 15 is 0 Å². The number of nitrogens with zero attached hydrogens (tertiary/aromatic N) is 4. The second-order valence-corrected chi connectivity index (χ2v) is 13.5. The molecule has 256 valence electrons. The van der Waals surface area contributed by atoms with Crippen molar-refractivity contribution < 1.29 is 28.6 Å². The highest BCUT2D eigenvalue weighted by atomic mass is 31.2. The molecule has 3 aromatic rings. The van der Waals surface area contributed by atoms with E-state index in [1.807, 2.05) is 0 Å². The first-order chi connectivity index (χ1) is 22.2. The van der Waals surface area contributed by atoms with E-state index in [0.29, 0.717) is 24.1 Å². The average molecular weight is 662 g/mol. The summed E-state index contributed by atoms with van der Waals surface area (Å²) in [4.78, 5) is 35.0. The van der Waals surface area contributed by atoms with Crippen LogP contribution in [-0.2, 0) is 27.1 Å². The monoisotopic (exact) mass is 661 g/mol. The molecule has 3 rings (SSSR count). The third kappa shape index (κ3) is 13.3. The zero-order chi connectivity index (χ0) is 33.2. The van der Waals surface area contributed by atoms with Gasteiger partial charge in [-0.25, -0.2) is 19.5 Å². The third-order valence-electron chi connectivity index (χ3n) is 7.80. The van der Waals surface area contributed by atoms with Crippen molar-refractivity contribution in [1.29, 1.82) is 0 Å². The van der Waals surface area contributed by atoms with Crippen LogP contribution in [0.25, 0.3) is 11.2 Å². The Hall–Kier alpha value is -3.09. The molecule has 2 heterocycles. The van der Waals surface area contributed by atoms with Gasteiger partial charge in [0.05, 0.1) is 31.6 Å². The highest BCUT2D eigenvalue weighted by molar-refractivity contribution is 7.53. The van der Waals surface area contributed by atoms with Crippen LogP contribution in [0, 0.1) is 0 Å². The first kappa shape index (κ1) is 37.4. The minimum absolute atomic E-state index is 0.116. The van der Waals surface area contributed by atoms with Gasteiger partial charge in [0, 0.05) is 6.54 Å². The molecule has 1 aromatic carbocycles. The summed E-state index contributed by atoms with van der Waals surface area (Å²) >= 11 is 0. The molecule has 1 amide bonds. The number of anilines is 1. The second-order valence-electron chi connectivity index (χ2n) is 11.8. The van der Waals surface area contributed by atoms with Crippen LogP contribution in [0.1, 0.15) is 89.5 Å².